The van der Waals surface area contributed by atoms with Gasteiger partial charge in [0, 0.05) is 13.5 Å². The number of aliphatic hydroxyl groups excluding tert-OH is 1. The molecule has 0 bridgehead atoms. The van der Waals surface area contributed by atoms with Gasteiger partial charge in [0.25, 0.3) is 0 Å². The smallest absolute Gasteiger partial charge is 0.308 e. The van der Waals surface area contributed by atoms with E-state index >= 15 is 0 Å². The van der Waals surface area contributed by atoms with Crippen LogP contribution in [0.5, 0.6) is 5.75 Å². The zero-order valence-electron chi connectivity index (χ0n) is 11.3. The molecule has 1 unspecified atom stereocenters. The molecule has 1 aromatic carbocycles. The lowest BCUT2D eigenvalue weighted by atomic mass is 10.1. The summed E-state index contributed by atoms with van der Waals surface area (Å²) in [6.45, 7) is 4.50. The molecule has 0 spiro atoms. The SMILES string of the molecule is CCCCNCC(O)c1ccc(F)c(OC(C)=O)c1. The first-order valence-corrected chi connectivity index (χ1v) is 6.41. The van der Waals surface area contributed by atoms with Crippen molar-refractivity contribution in [3.8, 4) is 5.75 Å². The summed E-state index contributed by atoms with van der Waals surface area (Å²) in [5, 5.41) is 13.1. The molecule has 1 rings (SSSR count). The maximum atomic E-state index is 13.4. The third-order valence-electron chi connectivity index (χ3n) is 2.64. The van der Waals surface area contributed by atoms with Crippen LogP contribution in [0.2, 0.25) is 0 Å². The Bertz CT molecular complexity index is 423. The topological polar surface area (TPSA) is 58.6 Å². The van der Waals surface area contributed by atoms with Crippen molar-refractivity contribution in [3.05, 3.63) is 29.6 Å². The molecule has 19 heavy (non-hydrogen) atoms. The highest BCUT2D eigenvalue weighted by atomic mass is 19.1. The van der Waals surface area contributed by atoms with E-state index in [-0.39, 0.29) is 5.75 Å². The Hall–Kier alpha value is -1.46. The maximum Gasteiger partial charge on any atom is 0.308 e. The maximum absolute atomic E-state index is 13.4. The van der Waals surface area contributed by atoms with Gasteiger partial charge in [-0.3, -0.25) is 4.79 Å². The molecule has 0 aliphatic carbocycles. The van der Waals surface area contributed by atoms with Gasteiger partial charge in [-0.05, 0) is 30.7 Å². The molecule has 0 fully saturated rings. The van der Waals surface area contributed by atoms with Gasteiger partial charge in [0.15, 0.2) is 11.6 Å². The minimum absolute atomic E-state index is 0.155. The van der Waals surface area contributed by atoms with Crippen molar-refractivity contribution in [2.45, 2.75) is 32.8 Å². The molecule has 0 saturated heterocycles. The summed E-state index contributed by atoms with van der Waals surface area (Å²) in [5.41, 5.74) is 0.515. The number of ether oxygens (including phenoxy) is 1. The molecule has 106 valence electrons. The molecule has 1 atom stereocenters. The van der Waals surface area contributed by atoms with Crippen LogP contribution in [0.15, 0.2) is 18.2 Å². The third-order valence-corrected chi connectivity index (χ3v) is 2.64. The number of aliphatic hydroxyl groups is 1. The average molecular weight is 269 g/mol. The van der Waals surface area contributed by atoms with Crippen molar-refractivity contribution >= 4 is 5.97 Å². The molecule has 0 aliphatic heterocycles. The summed E-state index contributed by atoms with van der Waals surface area (Å²) >= 11 is 0. The lowest BCUT2D eigenvalue weighted by Gasteiger charge is -2.13. The van der Waals surface area contributed by atoms with Crippen LogP contribution in [-0.4, -0.2) is 24.2 Å². The fourth-order valence-corrected chi connectivity index (χ4v) is 1.62. The third kappa shape index (κ3) is 5.36. The second-order valence-electron chi connectivity index (χ2n) is 4.36. The number of carbonyl (C=O) groups is 1. The van der Waals surface area contributed by atoms with E-state index < -0.39 is 17.9 Å². The number of carbonyl (C=O) groups excluding carboxylic acids is 1. The molecule has 4 nitrogen and oxygen atoms in total. The Kier molecular flexibility index (Phi) is 6.45. The minimum Gasteiger partial charge on any atom is -0.424 e. The Morgan fingerprint density at radius 3 is 2.89 bits per heavy atom. The molecule has 0 heterocycles. The number of halogens is 1. The zero-order chi connectivity index (χ0) is 14.3. The van der Waals surface area contributed by atoms with E-state index in [1.807, 2.05) is 0 Å². The summed E-state index contributed by atoms with van der Waals surface area (Å²) in [7, 11) is 0. The second kappa shape index (κ2) is 7.86. The number of unbranched alkanes of at least 4 members (excludes halogenated alkanes) is 1. The summed E-state index contributed by atoms with van der Waals surface area (Å²) < 4.78 is 18.1. The molecule has 5 heteroatoms. The highest BCUT2D eigenvalue weighted by Crippen LogP contribution is 2.22. The van der Waals surface area contributed by atoms with Gasteiger partial charge in [-0.25, -0.2) is 4.39 Å². The van der Waals surface area contributed by atoms with Crippen molar-refractivity contribution in [1.29, 1.82) is 0 Å². The van der Waals surface area contributed by atoms with E-state index in [2.05, 4.69) is 12.2 Å². The largest absolute Gasteiger partial charge is 0.424 e. The first kappa shape index (κ1) is 15.6. The normalized spacial score (nSPS) is 12.2. The van der Waals surface area contributed by atoms with E-state index in [1.165, 1.54) is 25.1 Å². The fraction of sp³-hybridized carbons (Fsp3) is 0.500. The summed E-state index contributed by atoms with van der Waals surface area (Å²) in [6, 6.07) is 4.01. The van der Waals surface area contributed by atoms with Crippen LogP contribution in [0.25, 0.3) is 0 Å². The number of esters is 1. The van der Waals surface area contributed by atoms with E-state index in [0.717, 1.165) is 19.4 Å². The first-order chi connectivity index (χ1) is 9.04. The lowest BCUT2D eigenvalue weighted by Crippen LogP contribution is -2.22. The van der Waals surface area contributed by atoms with Gasteiger partial charge in [0.1, 0.15) is 0 Å². The molecule has 0 saturated carbocycles. The summed E-state index contributed by atoms with van der Waals surface area (Å²) in [4.78, 5) is 10.8. The molecule has 0 aromatic heterocycles. The number of nitrogens with one attached hydrogen (secondary N) is 1. The number of hydrogen-bond donors (Lipinski definition) is 2. The molecule has 0 aliphatic rings. The van der Waals surface area contributed by atoms with Crippen molar-refractivity contribution in [1.82, 2.24) is 5.32 Å². The minimum atomic E-state index is -0.758. The van der Waals surface area contributed by atoms with Crippen LogP contribution in [-0.2, 0) is 4.79 Å². The Morgan fingerprint density at radius 1 is 1.53 bits per heavy atom. The second-order valence-corrected chi connectivity index (χ2v) is 4.36. The highest BCUT2D eigenvalue weighted by Gasteiger charge is 2.12. The average Bonchev–Trinajstić information content (AvgIpc) is 2.36. The van der Waals surface area contributed by atoms with Crippen LogP contribution in [0.3, 0.4) is 0 Å². The predicted molar refractivity (Wildman–Crippen MR) is 70.4 cm³/mol. The van der Waals surface area contributed by atoms with Gasteiger partial charge in [-0.2, -0.15) is 0 Å². The van der Waals surface area contributed by atoms with E-state index in [4.69, 9.17) is 4.74 Å². The number of hydrogen-bond acceptors (Lipinski definition) is 4. The zero-order valence-corrected chi connectivity index (χ0v) is 11.3. The van der Waals surface area contributed by atoms with Gasteiger partial charge in [0.2, 0.25) is 0 Å². The van der Waals surface area contributed by atoms with Gasteiger partial charge < -0.3 is 15.2 Å². The van der Waals surface area contributed by atoms with Gasteiger partial charge >= 0.3 is 5.97 Å². The van der Waals surface area contributed by atoms with E-state index in [0.29, 0.717) is 12.1 Å². The predicted octanol–water partition coefficient (Wildman–Crippen LogP) is 2.17. The van der Waals surface area contributed by atoms with Crippen LogP contribution < -0.4 is 10.1 Å². The Morgan fingerprint density at radius 2 is 2.26 bits per heavy atom. The number of benzene rings is 1. The molecular weight excluding hydrogens is 249 g/mol. The van der Waals surface area contributed by atoms with Crippen LogP contribution >= 0.6 is 0 Å². The van der Waals surface area contributed by atoms with Crippen LogP contribution in [0, 0.1) is 5.82 Å². The standard InChI is InChI=1S/C14H20FNO3/c1-3-4-7-16-9-13(18)11-5-6-12(15)14(8-11)19-10(2)17/h5-6,8,13,16,18H,3-4,7,9H2,1-2H3. The van der Waals surface area contributed by atoms with Gasteiger partial charge in [-0.15, -0.1) is 0 Å². The molecule has 2 N–H and O–H groups in total. The summed E-state index contributed by atoms with van der Waals surface area (Å²) in [6.07, 6.45) is 1.36. The van der Waals surface area contributed by atoms with Crippen molar-refractivity contribution in [2.75, 3.05) is 13.1 Å². The quantitative estimate of drug-likeness (QED) is 0.452. The van der Waals surface area contributed by atoms with E-state index in [9.17, 15) is 14.3 Å². The highest BCUT2D eigenvalue weighted by molar-refractivity contribution is 5.69. The van der Waals surface area contributed by atoms with Crippen LogP contribution in [0.1, 0.15) is 38.4 Å². The molecule has 1 aromatic rings. The molecule has 0 radical (unpaired) electrons. The first-order valence-electron chi connectivity index (χ1n) is 6.41. The van der Waals surface area contributed by atoms with Crippen molar-refractivity contribution in [3.63, 3.8) is 0 Å². The van der Waals surface area contributed by atoms with Crippen LogP contribution in [0.4, 0.5) is 4.39 Å². The number of rotatable bonds is 7. The van der Waals surface area contributed by atoms with Gasteiger partial charge in [0.05, 0.1) is 6.10 Å². The molecule has 0 amide bonds. The van der Waals surface area contributed by atoms with Crippen molar-refractivity contribution in [2.24, 2.45) is 0 Å². The lowest BCUT2D eigenvalue weighted by molar-refractivity contribution is -0.132. The van der Waals surface area contributed by atoms with Gasteiger partial charge in [-0.1, -0.05) is 19.4 Å². The van der Waals surface area contributed by atoms with E-state index in [1.54, 1.807) is 0 Å². The monoisotopic (exact) mass is 269 g/mol. The molecular formula is C14H20FNO3. The van der Waals surface area contributed by atoms with Crippen molar-refractivity contribution < 1.29 is 19.0 Å². The Labute approximate surface area is 112 Å². The fourth-order valence-electron chi connectivity index (χ4n) is 1.62. The Balaban J connectivity index is 2.64. The summed E-state index contributed by atoms with van der Waals surface area (Å²) in [5.74, 6) is -1.37.